The van der Waals surface area contributed by atoms with Crippen molar-refractivity contribution in [3.63, 3.8) is 0 Å². The Bertz CT molecular complexity index is 861. The van der Waals surface area contributed by atoms with Crippen LogP contribution < -0.4 is 0 Å². The quantitative estimate of drug-likeness (QED) is 0.543. The monoisotopic (exact) mass is 310 g/mol. The molecule has 0 saturated carbocycles. The van der Waals surface area contributed by atoms with Crippen LogP contribution in [0.2, 0.25) is 5.02 Å². The second-order valence-electron chi connectivity index (χ2n) is 6.29. The standard InChI is InChI=1S/C19H19ClN2/c1-21(2)10-9-16-17-11-14(20)7-8-18(17)22-12-13-5-3-4-6-15(13)19(16)22/h3-8,11H,9-10,12H2,1-2H3. The van der Waals surface area contributed by atoms with E-state index in [1.54, 1.807) is 0 Å². The predicted octanol–water partition coefficient (Wildman–Crippen LogP) is 4.43. The minimum absolute atomic E-state index is 0.816. The zero-order valence-electron chi connectivity index (χ0n) is 12.9. The Morgan fingerprint density at radius 1 is 1.14 bits per heavy atom. The minimum atomic E-state index is 0.816. The average molecular weight is 311 g/mol. The highest BCUT2D eigenvalue weighted by Gasteiger charge is 2.25. The molecule has 112 valence electrons. The summed E-state index contributed by atoms with van der Waals surface area (Å²) in [6.45, 7) is 2.01. The van der Waals surface area contributed by atoms with E-state index in [-0.39, 0.29) is 0 Å². The molecule has 0 bridgehead atoms. The van der Waals surface area contributed by atoms with Crippen molar-refractivity contribution in [2.45, 2.75) is 13.0 Å². The molecule has 0 radical (unpaired) electrons. The molecule has 22 heavy (non-hydrogen) atoms. The highest BCUT2D eigenvalue weighted by molar-refractivity contribution is 6.31. The second-order valence-corrected chi connectivity index (χ2v) is 6.72. The Hall–Kier alpha value is -1.77. The molecule has 0 fully saturated rings. The molecule has 3 aromatic rings. The van der Waals surface area contributed by atoms with Crippen molar-refractivity contribution in [3.8, 4) is 11.3 Å². The number of fused-ring (bicyclic) bond motifs is 5. The summed E-state index contributed by atoms with van der Waals surface area (Å²) in [5.74, 6) is 0. The van der Waals surface area contributed by atoms with Gasteiger partial charge in [-0.25, -0.2) is 0 Å². The lowest BCUT2D eigenvalue weighted by Crippen LogP contribution is -2.15. The van der Waals surface area contributed by atoms with Crippen LogP contribution in [0, 0.1) is 0 Å². The lowest BCUT2D eigenvalue weighted by molar-refractivity contribution is 0.414. The third kappa shape index (κ3) is 2.06. The molecule has 2 aromatic carbocycles. The van der Waals surface area contributed by atoms with E-state index in [4.69, 9.17) is 11.6 Å². The van der Waals surface area contributed by atoms with E-state index in [1.807, 2.05) is 6.07 Å². The summed E-state index contributed by atoms with van der Waals surface area (Å²) < 4.78 is 2.45. The van der Waals surface area contributed by atoms with E-state index in [2.05, 4.69) is 60.0 Å². The maximum Gasteiger partial charge on any atom is 0.0531 e. The van der Waals surface area contributed by atoms with Gasteiger partial charge in [0.2, 0.25) is 0 Å². The second kappa shape index (κ2) is 5.15. The largest absolute Gasteiger partial charge is 0.336 e. The molecule has 1 aliphatic heterocycles. The fraction of sp³-hybridized carbons (Fsp3) is 0.263. The SMILES string of the molecule is CN(C)CCc1c2n(c3ccc(Cl)cc13)Cc1ccccc1-2. The molecule has 1 aromatic heterocycles. The van der Waals surface area contributed by atoms with Crippen LogP contribution in [0.15, 0.2) is 42.5 Å². The summed E-state index contributed by atoms with van der Waals surface area (Å²) in [5.41, 5.74) is 6.90. The number of halogens is 1. The first kappa shape index (κ1) is 13.9. The van der Waals surface area contributed by atoms with Gasteiger partial charge >= 0.3 is 0 Å². The van der Waals surface area contributed by atoms with Crippen molar-refractivity contribution >= 4 is 22.5 Å². The van der Waals surface area contributed by atoms with Crippen LogP contribution in [0.1, 0.15) is 11.1 Å². The molecule has 0 N–H and O–H groups in total. The molecular weight excluding hydrogens is 292 g/mol. The van der Waals surface area contributed by atoms with Crippen LogP contribution in [-0.2, 0) is 13.0 Å². The van der Waals surface area contributed by atoms with Gasteiger partial charge in [-0.05, 0) is 49.8 Å². The van der Waals surface area contributed by atoms with E-state index >= 15 is 0 Å². The van der Waals surface area contributed by atoms with Crippen molar-refractivity contribution in [1.82, 2.24) is 9.47 Å². The van der Waals surface area contributed by atoms with E-state index in [0.717, 1.165) is 24.5 Å². The Kier molecular flexibility index (Phi) is 3.24. The molecule has 4 rings (SSSR count). The van der Waals surface area contributed by atoms with E-state index in [9.17, 15) is 0 Å². The number of nitrogens with zero attached hydrogens (tertiary/aromatic N) is 2. The summed E-state index contributed by atoms with van der Waals surface area (Å²) in [7, 11) is 4.25. The minimum Gasteiger partial charge on any atom is -0.336 e. The number of likely N-dealkylation sites (N-methyl/N-ethyl adjacent to an activating group) is 1. The predicted molar refractivity (Wildman–Crippen MR) is 93.7 cm³/mol. The average Bonchev–Trinajstić information content (AvgIpc) is 2.99. The summed E-state index contributed by atoms with van der Waals surface area (Å²) in [6, 6.07) is 15.0. The smallest absolute Gasteiger partial charge is 0.0531 e. The van der Waals surface area contributed by atoms with Gasteiger partial charge in [0.05, 0.1) is 5.69 Å². The maximum atomic E-state index is 6.26. The van der Waals surface area contributed by atoms with Gasteiger partial charge in [0.15, 0.2) is 0 Å². The summed E-state index contributed by atoms with van der Waals surface area (Å²) in [6.07, 6.45) is 1.04. The summed E-state index contributed by atoms with van der Waals surface area (Å²) >= 11 is 6.26. The molecule has 3 heteroatoms. The van der Waals surface area contributed by atoms with Gasteiger partial charge < -0.3 is 9.47 Å². The first-order valence-corrected chi connectivity index (χ1v) is 8.06. The Balaban J connectivity index is 1.97. The van der Waals surface area contributed by atoms with Gasteiger partial charge in [-0.1, -0.05) is 35.9 Å². The molecule has 0 atom stereocenters. The Morgan fingerprint density at radius 3 is 2.77 bits per heavy atom. The van der Waals surface area contributed by atoms with E-state index in [0.29, 0.717) is 0 Å². The molecule has 2 nitrogen and oxygen atoms in total. The molecule has 1 aliphatic rings. The number of hydrogen-bond donors (Lipinski definition) is 0. The lowest BCUT2D eigenvalue weighted by Gasteiger charge is -2.10. The molecular formula is C19H19ClN2. The third-order valence-electron chi connectivity index (χ3n) is 4.54. The highest BCUT2D eigenvalue weighted by Crippen LogP contribution is 2.41. The molecule has 0 unspecified atom stereocenters. The van der Waals surface area contributed by atoms with E-state index in [1.165, 1.54) is 33.3 Å². The molecule has 0 saturated heterocycles. The van der Waals surface area contributed by atoms with Crippen molar-refractivity contribution in [2.24, 2.45) is 0 Å². The zero-order valence-corrected chi connectivity index (χ0v) is 13.7. The van der Waals surface area contributed by atoms with Crippen LogP contribution in [0.25, 0.3) is 22.2 Å². The molecule has 0 spiro atoms. The van der Waals surface area contributed by atoms with Crippen LogP contribution in [-0.4, -0.2) is 30.1 Å². The van der Waals surface area contributed by atoms with Crippen LogP contribution >= 0.6 is 11.6 Å². The normalized spacial score (nSPS) is 12.9. The lowest BCUT2D eigenvalue weighted by atomic mass is 10.0. The number of hydrogen-bond acceptors (Lipinski definition) is 1. The number of rotatable bonds is 3. The van der Waals surface area contributed by atoms with Gasteiger partial charge in [0.1, 0.15) is 0 Å². The fourth-order valence-electron chi connectivity index (χ4n) is 3.52. The van der Waals surface area contributed by atoms with Crippen LogP contribution in [0.5, 0.6) is 0 Å². The Labute approximate surface area is 135 Å². The van der Waals surface area contributed by atoms with Crippen LogP contribution in [0.3, 0.4) is 0 Å². The maximum absolute atomic E-state index is 6.26. The van der Waals surface area contributed by atoms with Crippen molar-refractivity contribution in [1.29, 1.82) is 0 Å². The third-order valence-corrected chi connectivity index (χ3v) is 4.78. The topological polar surface area (TPSA) is 8.17 Å². The Morgan fingerprint density at radius 2 is 1.95 bits per heavy atom. The zero-order chi connectivity index (χ0) is 15.3. The number of aromatic nitrogens is 1. The summed E-state index contributed by atoms with van der Waals surface area (Å²) in [5, 5.41) is 2.12. The number of benzene rings is 2. The van der Waals surface area contributed by atoms with Gasteiger partial charge in [-0.3, -0.25) is 0 Å². The molecule has 0 aliphatic carbocycles. The van der Waals surface area contributed by atoms with Crippen molar-refractivity contribution in [2.75, 3.05) is 20.6 Å². The van der Waals surface area contributed by atoms with Crippen LogP contribution in [0.4, 0.5) is 0 Å². The molecule has 2 heterocycles. The molecule has 0 amide bonds. The van der Waals surface area contributed by atoms with Gasteiger partial charge in [-0.15, -0.1) is 0 Å². The van der Waals surface area contributed by atoms with Gasteiger partial charge in [-0.2, -0.15) is 0 Å². The van der Waals surface area contributed by atoms with Crippen molar-refractivity contribution < 1.29 is 0 Å². The van der Waals surface area contributed by atoms with E-state index < -0.39 is 0 Å². The fourth-order valence-corrected chi connectivity index (χ4v) is 3.69. The first-order valence-electron chi connectivity index (χ1n) is 7.69. The van der Waals surface area contributed by atoms with Crippen molar-refractivity contribution in [3.05, 3.63) is 58.6 Å². The van der Waals surface area contributed by atoms with Gasteiger partial charge in [0.25, 0.3) is 0 Å². The highest BCUT2D eigenvalue weighted by atomic mass is 35.5. The first-order chi connectivity index (χ1) is 10.6. The van der Waals surface area contributed by atoms with Gasteiger partial charge in [0, 0.05) is 34.6 Å². The summed E-state index contributed by atoms with van der Waals surface area (Å²) in [4.78, 5) is 2.24.